The third-order valence-electron chi connectivity index (χ3n) is 4.86. The van der Waals surface area contributed by atoms with Crippen molar-refractivity contribution in [1.29, 1.82) is 0 Å². The van der Waals surface area contributed by atoms with Gasteiger partial charge in [0, 0.05) is 25.7 Å². The molecule has 0 saturated carbocycles. The van der Waals surface area contributed by atoms with Gasteiger partial charge < -0.3 is 14.6 Å². The SMILES string of the molecule is CCOc1ccc(S(=O)(=O)N(C)Cc2nc3cc(C(=O)NC(C)C)ccc3n2C)cc1. The number of rotatable bonds is 8. The number of amides is 1. The largest absolute Gasteiger partial charge is 0.494 e. The van der Waals surface area contributed by atoms with E-state index in [2.05, 4.69) is 10.3 Å². The standard InChI is InChI=1S/C22H28N4O4S/c1-6-30-17-8-10-18(11-9-17)31(28,29)25(4)14-21-24-19-13-16(22(27)23-15(2)3)7-12-20(19)26(21)5/h7-13,15H,6,14H2,1-5H3,(H,23,27). The molecule has 3 aromatic rings. The van der Waals surface area contributed by atoms with E-state index in [1.165, 1.54) is 23.5 Å². The molecule has 0 unspecified atom stereocenters. The molecule has 166 valence electrons. The van der Waals surface area contributed by atoms with Gasteiger partial charge >= 0.3 is 0 Å². The van der Waals surface area contributed by atoms with E-state index in [-0.39, 0.29) is 23.4 Å². The molecule has 0 bridgehead atoms. The maximum atomic E-state index is 13.0. The zero-order chi connectivity index (χ0) is 22.8. The number of imidazole rings is 1. The topological polar surface area (TPSA) is 93.5 Å². The minimum Gasteiger partial charge on any atom is -0.494 e. The van der Waals surface area contributed by atoms with Gasteiger partial charge in [0.2, 0.25) is 10.0 Å². The number of carbonyl (C=O) groups is 1. The number of aryl methyl sites for hydroxylation is 1. The molecule has 1 aromatic heterocycles. The van der Waals surface area contributed by atoms with E-state index in [1.54, 1.807) is 24.3 Å². The number of nitrogens with zero attached hydrogens (tertiary/aromatic N) is 3. The molecule has 0 fully saturated rings. The highest BCUT2D eigenvalue weighted by atomic mass is 32.2. The molecule has 0 aliphatic rings. The Morgan fingerprint density at radius 2 is 1.87 bits per heavy atom. The van der Waals surface area contributed by atoms with Crippen molar-refractivity contribution in [3.63, 3.8) is 0 Å². The quantitative estimate of drug-likeness (QED) is 0.577. The van der Waals surface area contributed by atoms with E-state index in [0.29, 0.717) is 29.3 Å². The summed E-state index contributed by atoms with van der Waals surface area (Å²) in [5.41, 5.74) is 1.98. The second kappa shape index (κ2) is 9.07. The van der Waals surface area contributed by atoms with Crippen LogP contribution in [-0.4, -0.2) is 47.9 Å². The summed E-state index contributed by atoms with van der Waals surface area (Å²) in [6.07, 6.45) is 0. The van der Waals surface area contributed by atoms with Crippen LogP contribution < -0.4 is 10.1 Å². The second-order valence-electron chi connectivity index (χ2n) is 7.58. The summed E-state index contributed by atoms with van der Waals surface area (Å²) in [6.45, 7) is 6.27. The number of sulfonamides is 1. The van der Waals surface area contributed by atoms with Gasteiger partial charge in [0.15, 0.2) is 0 Å². The maximum Gasteiger partial charge on any atom is 0.251 e. The summed E-state index contributed by atoms with van der Waals surface area (Å²) in [5, 5.41) is 2.86. The van der Waals surface area contributed by atoms with Gasteiger partial charge in [0.1, 0.15) is 11.6 Å². The Labute approximate surface area is 182 Å². The van der Waals surface area contributed by atoms with Crippen molar-refractivity contribution < 1.29 is 17.9 Å². The molecule has 0 aliphatic carbocycles. The van der Waals surface area contributed by atoms with Crippen molar-refractivity contribution in [2.24, 2.45) is 7.05 Å². The Balaban J connectivity index is 1.84. The lowest BCUT2D eigenvalue weighted by Gasteiger charge is -2.17. The molecule has 3 rings (SSSR count). The van der Waals surface area contributed by atoms with Crippen molar-refractivity contribution in [3.05, 3.63) is 53.9 Å². The summed E-state index contributed by atoms with van der Waals surface area (Å²) >= 11 is 0. The Kier molecular flexibility index (Phi) is 6.66. The van der Waals surface area contributed by atoms with E-state index in [1.807, 2.05) is 38.5 Å². The lowest BCUT2D eigenvalue weighted by Crippen LogP contribution is -2.29. The maximum absolute atomic E-state index is 13.0. The van der Waals surface area contributed by atoms with Crippen LogP contribution in [0, 0.1) is 0 Å². The highest BCUT2D eigenvalue weighted by Crippen LogP contribution is 2.22. The van der Waals surface area contributed by atoms with Crippen LogP contribution in [0.1, 0.15) is 37.0 Å². The van der Waals surface area contributed by atoms with Gasteiger partial charge in [-0.2, -0.15) is 4.31 Å². The lowest BCUT2D eigenvalue weighted by atomic mass is 10.2. The fourth-order valence-electron chi connectivity index (χ4n) is 3.22. The van der Waals surface area contributed by atoms with Crippen LogP contribution in [0.15, 0.2) is 47.4 Å². The van der Waals surface area contributed by atoms with Crippen molar-refractivity contribution in [3.8, 4) is 5.75 Å². The Morgan fingerprint density at radius 1 is 1.19 bits per heavy atom. The normalized spacial score (nSPS) is 12.0. The fraction of sp³-hybridized carbons (Fsp3) is 0.364. The molecular weight excluding hydrogens is 416 g/mol. The highest BCUT2D eigenvalue weighted by molar-refractivity contribution is 7.89. The molecule has 2 aromatic carbocycles. The number of fused-ring (bicyclic) bond motifs is 1. The van der Waals surface area contributed by atoms with E-state index in [0.717, 1.165) is 5.52 Å². The van der Waals surface area contributed by atoms with E-state index in [4.69, 9.17) is 4.74 Å². The molecule has 8 nitrogen and oxygen atoms in total. The van der Waals surface area contributed by atoms with E-state index < -0.39 is 10.0 Å². The van der Waals surface area contributed by atoms with Crippen molar-refractivity contribution in [1.82, 2.24) is 19.2 Å². The predicted molar refractivity (Wildman–Crippen MR) is 120 cm³/mol. The Hall–Kier alpha value is -2.91. The first kappa shape index (κ1) is 22.8. The number of benzene rings is 2. The van der Waals surface area contributed by atoms with E-state index >= 15 is 0 Å². The van der Waals surface area contributed by atoms with E-state index in [9.17, 15) is 13.2 Å². The molecule has 0 radical (unpaired) electrons. The first-order chi connectivity index (χ1) is 14.6. The molecular formula is C22H28N4O4S. The summed E-state index contributed by atoms with van der Waals surface area (Å²) in [4.78, 5) is 17.0. The molecule has 1 amide bonds. The number of nitrogens with one attached hydrogen (secondary N) is 1. The van der Waals surface area contributed by atoms with Crippen LogP contribution in [0.25, 0.3) is 11.0 Å². The smallest absolute Gasteiger partial charge is 0.251 e. The molecule has 31 heavy (non-hydrogen) atoms. The van der Waals surface area contributed by atoms with Crippen LogP contribution in [0.4, 0.5) is 0 Å². The molecule has 9 heteroatoms. The van der Waals surface area contributed by atoms with Crippen molar-refractivity contribution in [2.45, 2.75) is 38.3 Å². The van der Waals surface area contributed by atoms with Gasteiger partial charge in [0.05, 0.1) is 29.1 Å². The molecule has 0 saturated heterocycles. The first-order valence-corrected chi connectivity index (χ1v) is 11.5. The van der Waals surface area contributed by atoms with Gasteiger partial charge in [-0.1, -0.05) is 0 Å². The Bertz CT molecular complexity index is 1180. The van der Waals surface area contributed by atoms with Crippen LogP contribution >= 0.6 is 0 Å². The summed E-state index contributed by atoms with van der Waals surface area (Å²) in [6, 6.07) is 11.7. The van der Waals surface area contributed by atoms with Crippen LogP contribution in [0.2, 0.25) is 0 Å². The highest BCUT2D eigenvalue weighted by Gasteiger charge is 2.23. The van der Waals surface area contributed by atoms with Gasteiger partial charge in [-0.25, -0.2) is 13.4 Å². The fourth-order valence-corrected chi connectivity index (χ4v) is 4.34. The monoisotopic (exact) mass is 444 g/mol. The number of hydrogen-bond acceptors (Lipinski definition) is 5. The van der Waals surface area contributed by atoms with Gasteiger partial charge in [-0.3, -0.25) is 4.79 Å². The second-order valence-corrected chi connectivity index (χ2v) is 9.63. The number of aromatic nitrogens is 2. The number of ether oxygens (including phenoxy) is 1. The van der Waals surface area contributed by atoms with Gasteiger partial charge in [-0.05, 0) is 63.2 Å². The first-order valence-electron chi connectivity index (χ1n) is 10.1. The molecule has 0 aliphatic heterocycles. The van der Waals surface area contributed by atoms with Crippen molar-refractivity contribution >= 4 is 27.0 Å². The number of carbonyl (C=O) groups excluding carboxylic acids is 1. The average Bonchev–Trinajstić information content (AvgIpc) is 3.03. The Morgan fingerprint density at radius 3 is 2.48 bits per heavy atom. The lowest BCUT2D eigenvalue weighted by molar-refractivity contribution is 0.0943. The van der Waals surface area contributed by atoms with Crippen molar-refractivity contribution in [2.75, 3.05) is 13.7 Å². The molecule has 1 heterocycles. The summed E-state index contributed by atoms with van der Waals surface area (Å²) < 4.78 is 34.4. The minimum atomic E-state index is -3.70. The summed E-state index contributed by atoms with van der Waals surface area (Å²) in [5.74, 6) is 1.03. The third kappa shape index (κ3) is 4.88. The average molecular weight is 445 g/mol. The van der Waals surface area contributed by atoms with Gasteiger partial charge in [0.25, 0.3) is 5.91 Å². The molecule has 0 spiro atoms. The molecule has 1 N–H and O–H groups in total. The van der Waals surface area contributed by atoms with Crippen LogP contribution in [0.5, 0.6) is 5.75 Å². The number of hydrogen-bond donors (Lipinski definition) is 1. The zero-order valence-corrected chi connectivity index (χ0v) is 19.2. The van der Waals surface area contributed by atoms with Crippen LogP contribution in [0.3, 0.4) is 0 Å². The molecule has 0 atom stereocenters. The third-order valence-corrected chi connectivity index (χ3v) is 6.68. The minimum absolute atomic E-state index is 0.0314. The van der Waals surface area contributed by atoms with Gasteiger partial charge in [-0.15, -0.1) is 0 Å². The van der Waals surface area contributed by atoms with Crippen LogP contribution in [-0.2, 0) is 23.6 Å². The summed E-state index contributed by atoms with van der Waals surface area (Å²) in [7, 11) is -0.348. The predicted octanol–water partition coefficient (Wildman–Crippen LogP) is 2.93. The zero-order valence-electron chi connectivity index (χ0n) is 18.4.